The van der Waals surface area contributed by atoms with Gasteiger partial charge in [-0.25, -0.2) is 4.79 Å². The van der Waals surface area contributed by atoms with Crippen molar-refractivity contribution in [3.05, 3.63) is 42.4 Å². The summed E-state index contributed by atoms with van der Waals surface area (Å²) in [7, 11) is 0. The van der Waals surface area contributed by atoms with Crippen LogP contribution >= 0.6 is 0 Å². The highest BCUT2D eigenvalue weighted by Crippen LogP contribution is 2.06. The molecule has 0 amide bonds. The van der Waals surface area contributed by atoms with Gasteiger partial charge < -0.3 is 15.6 Å². The zero-order chi connectivity index (χ0) is 9.68. The van der Waals surface area contributed by atoms with Crippen LogP contribution in [0.25, 0.3) is 0 Å². The zero-order valence-electron chi connectivity index (χ0n) is 6.81. The van der Waals surface area contributed by atoms with Crippen LogP contribution in [0.2, 0.25) is 0 Å². The van der Waals surface area contributed by atoms with Gasteiger partial charge in [0.1, 0.15) is 12.5 Å². The van der Waals surface area contributed by atoms with Gasteiger partial charge in [0.25, 0.3) is 0 Å². The molecule has 0 bridgehead atoms. The lowest BCUT2D eigenvalue weighted by atomic mass is 10.2. The molecule has 1 aromatic rings. The Bertz CT molecular complexity index is 316. The fraction of sp³-hybridized carbons (Fsp3) is 0. The van der Waals surface area contributed by atoms with E-state index in [4.69, 9.17) is 10.8 Å². The zero-order valence-corrected chi connectivity index (χ0v) is 6.81. The maximum absolute atomic E-state index is 11.1. The van der Waals surface area contributed by atoms with Crippen molar-refractivity contribution in [3.63, 3.8) is 0 Å². The van der Waals surface area contributed by atoms with Crippen molar-refractivity contribution in [2.75, 3.05) is 5.73 Å². The van der Waals surface area contributed by atoms with Crippen molar-refractivity contribution in [3.8, 4) is 0 Å². The molecule has 0 aromatic heterocycles. The number of carbonyl (C=O) groups excluding carboxylic acids is 1. The van der Waals surface area contributed by atoms with E-state index in [2.05, 4.69) is 4.74 Å². The van der Waals surface area contributed by atoms with E-state index in [0.717, 1.165) is 6.26 Å². The number of carbonyl (C=O) groups is 1. The minimum absolute atomic E-state index is 0.382. The smallest absolute Gasteiger partial charge is 0.343 e. The monoisotopic (exact) mass is 179 g/mol. The van der Waals surface area contributed by atoms with Gasteiger partial charge in [0.2, 0.25) is 0 Å². The van der Waals surface area contributed by atoms with Gasteiger partial charge in [-0.15, -0.1) is 0 Å². The number of esters is 1. The predicted molar refractivity (Wildman–Crippen MR) is 48.0 cm³/mol. The molecule has 0 atom stereocenters. The Labute approximate surface area is 75.2 Å². The number of hydrogen-bond donors (Lipinski definition) is 2. The van der Waals surface area contributed by atoms with Crippen LogP contribution in [0.1, 0.15) is 10.4 Å². The summed E-state index contributed by atoms with van der Waals surface area (Å²) in [4.78, 5) is 11.1. The highest BCUT2D eigenvalue weighted by molar-refractivity contribution is 5.90. The lowest BCUT2D eigenvalue weighted by Gasteiger charge is -1.98. The highest BCUT2D eigenvalue weighted by atomic mass is 16.5. The third kappa shape index (κ3) is 2.52. The summed E-state index contributed by atoms with van der Waals surface area (Å²) in [5.74, 6) is -0.537. The molecule has 1 rings (SSSR count). The van der Waals surface area contributed by atoms with E-state index in [-0.39, 0.29) is 0 Å². The third-order valence-electron chi connectivity index (χ3n) is 1.38. The van der Waals surface area contributed by atoms with Crippen molar-refractivity contribution in [2.24, 2.45) is 0 Å². The summed E-state index contributed by atoms with van der Waals surface area (Å²) in [6.45, 7) is 0. The Morgan fingerprint density at radius 1 is 1.38 bits per heavy atom. The van der Waals surface area contributed by atoms with Gasteiger partial charge in [0.15, 0.2) is 0 Å². The van der Waals surface area contributed by atoms with Gasteiger partial charge in [-0.2, -0.15) is 0 Å². The molecule has 3 N–H and O–H groups in total. The molecular weight excluding hydrogens is 170 g/mol. The average molecular weight is 179 g/mol. The number of anilines is 1. The second-order valence-corrected chi connectivity index (χ2v) is 2.31. The van der Waals surface area contributed by atoms with Crippen molar-refractivity contribution in [1.82, 2.24) is 0 Å². The fourth-order valence-corrected chi connectivity index (χ4v) is 0.779. The van der Waals surface area contributed by atoms with Crippen LogP contribution in [0, 0.1) is 0 Å². The van der Waals surface area contributed by atoms with Crippen LogP contribution < -0.4 is 5.73 Å². The Balaban J connectivity index is 2.72. The number of hydrogen-bond acceptors (Lipinski definition) is 4. The second kappa shape index (κ2) is 4.15. The topological polar surface area (TPSA) is 72.6 Å². The molecule has 1 aromatic carbocycles. The first kappa shape index (κ1) is 9.12. The number of nitrogen functional groups attached to an aromatic ring is 1. The van der Waals surface area contributed by atoms with E-state index in [0.29, 0.717) is 17.5 Å². The normalized spacial score (nSPS) is 10.2. The molecule has 0 spiro atoms. The van der Waals surface area contributed by atoms with E-state index in [1.807, 2.05) is 0 Å². The molecule has 4 nitrogen and oxygen atoms in total. The molecule has 0 radical (unpaired) electrons. The van der Waals surface area contributed by atoms with Crippen molar-refractivity contribution >= 4 is 11.7 Å². The Morgan fingerprint density at radius 3 is 2.54 bits per heavy atom. The van der Waals surface area contributed by atoms with Gasteiger partial charge in [-0.1, -0.05) is 0 Å². The van der Waals surface area contributed by atoms with E-state index in [1.54, 1.807) is 24.3 Å². The number of aliphatic hydroxyl groups excluding tert-OH is 1. The molecule has 0 aliphatic heterocycles. The van der Waals surface area contributed by atoms with Gasteiger partial charge in [-0.05, 0) is 24.3 Å². The molecule has 0 unspecified atom stereocenters. The third-order valence-corrected chi connectivity index (χ3v) is 1.38. The lowest BCUT2D eigenvalue weighted by Crippen LogP contribution is -2.00. The van der Waals surface area contributed by atoms with Crippen molar-refractivity contribution < 1.29 is 14.6 Å². The Hall–Kier alpha value is -1.97. The van der Waals surface area contributed by atoms with Crippen LogP contribution in [-0.2, 0) is 4.74 Å². The van der Waals surface area contributed by atoms with E-state index in [1.165, 1.54) is 0 Å². The van der Waals surface area contributed by atoms with Crippen LogP contribution in [0.15, 0.2) is 36.8 Å². The van der Waals surface area contributed by atoms with Crippen molar-refractivity contribution in [2.45, 2.75) is 0 Å². The molecule has 0 heterocycles. The first-order valence-corrected chi connectivity index (χ1v) is 3.60. The van der Waals surface area contributed by atoms with Gasteiger partial charge >= 0.3 is 5.97 Å². The fourth-order valence-electron chi connectivity index (χ4n) is 0.779. The minimum atomic E-state index is -0.537. The molecule has 0 fully saturated rings. The largest absolute Gasteiger partial charge is 0.512 e. The number of benzene rings is 1. The molecule has 68 valence electrons. The molecule has 0 aliphatic carbocycles. The molecule has 4 heteroatoms. The molecule has 0 saturated heterocycles. The summed E-state index contributed by atoms with van der Waals surface area (Å²) in [6.07, 6.45) is 1.55. The first-order chi connectivity index (χ1) is 6.24. The van der Waals surface area contributed by atoms with Crippen LogP contribution in [0.5, 0.6) is 0 Å². The number of aliphatic hydroxyl groups is 1. The molecular formula is C9H9NO3. The molecule has 0 saturated carbocycles. The van der Waals surface area contributed by atoms with Gasteiger partial charge in [0, 0.05) is 5.69 Å². The minimum Gasteiger partial charge on any atom is -0.512 e. The second-order valence-electron chi connectivity index (χ2n) is 2.31. The SMILES string of the molecule is Nc1ccc(C(=O)O/C=C/O)cc1. The number of nitrogens with two attached hydrogens (primary N) is 1. The standard InChI is InChI=1S/C9H9NO3/c10-8-3-1-7(2-4-8)9(12)13-6-5-11/h1-6,11H,10H2/b6-5+. The summed E-state index contributed by atoms with van der Waals surface area (Å²) < 4.78 is 4.51. The number of ether oxygens (including phenoxy) is 1. The first-order valence-electron chi connectivity index (χ1n) is 3.60. The maximum atomic E-state index is 11.1. The van der Waals surface area contributed by atoms with Gasteiger partial charge in [-0.3, -0.25) is 0 Å². The average Bonchev–Trinajstić information content (AvgIpc) is 2.15. The molecule has 13 heavy (non-hydrogen) atoms. The highest BCUT2D eigenvalue weighted by Gasteiger charge is 2.03. The Morgan fingerprint density at radius 2 is 2.00 bits per heavy atom. The quantitative estimate of drug-likeness (QED) is 0.409. The van der Waals surface area contributed by atoms with Gasteiger partial charge in [0.05, 0.1) is 5.56 Å². The van der Waals surface area contributed by atoms with Crippen LogP contribution in [-0.4, -0.2) is 11.1 Å². The molecule has 0 aliphatic rings. The summed E-state index contributed by atoms with van der Waals surface area (Å²) >= 11 is 0. The summed E-state index contributed by atoms with van der Waals surface area (Å²) in [5.41, 5.74) is 6.38. The summed E-state index contributed by atoms with van der Waals surface area (Å²) in [6, 6.07) is 6.28. The van der Waals surface area contributed by atoms with E-state index >= 15 is 0 Å². The Kier molecular flexibility index (Phi) is 2.92. The van der Waals surface area contributed by atoms with Crippen LogP contribution in [0.4, 0.5) is 5.69 Å². The van der Waals surface area contributed by atoms with Crippen LogP contribution in [0.3, 0.4) is 0 Å². The summed E-state index contributed by atoms with van der Waals surface area (Å²) in [5, 5.41) is 8.23. The number of rotatable bonds is 2. The predicted octanol–water partition coefficient (Wildman–Crippen LogP) is 1.45. The van der Waals surface area contributed by atoms with E-state index < -0.39 is 5.97 Å². The maximum Gasteiger partial charge on any atom is 0.343 e. The van der Waals surface area contributed by atoms with Crippen molar-refractivity contribution in [1.29, 1.82) is 0 Å². The van der Waals surface area contributed by atoms with E-state index in [9.17, 15) is 4.79 Å². The lowest BCUT2D eigenvalue weighted by molar-refractivity contribution is 0.0657.